The van der Waals surface area contributed by atoms with E-state index in [1.54, 1.807) is 0 Å². The molecule has 1 fully saturated rings. The third-order valence-electron chi connectivity index (χ3n) is 4.74. The van der Waals surface area contributed by atoms with E-state index in [0.717, 1.165) is 32.0 Å². The minimum Gasteiger partial charge on any atom is -0.356 e. The summed E-state index contributed by atoms with van der Waals surface area (Å²) in [6.07, 6.45) is 7.70. The van der Waals surface area contributed by atoms with E-state index in [-0.39, 0.29) is 5.41 Å². The molecule has 1 saturated carbocycles. The number of halogens is 1. The second-order valence-corrected chi connectivity index (χ2v) is 7.13. The van der Waals surface area contributed by atoms with Crippen molar-refractivity contribution in [3.63, 3.8) is 0 Å². The maximum absolute atomic E-state index is 4.54. The number of nitrogens with one attached hydrogen (secondary N) is 2. The van der Waals surface area contributed by atoms with Gasteiger partial charge in [0.1, 0.15) is 0 Å². The Bertz CT molecular complexity index is 507. The zero-order valence-electron chi connectivity index (χ0n) is 12.5. The van der Waals surface area contributed by atoms with Gasteiger partial charge in [-0.1, -0.05) is 47.3 Å². The highest BCUT2D eigenvalue weighted by atomic mass is 79.9. The largest absolute Gasteiger partial charge is 0.356 e. The minimum absolute atomic E-state index is 0.254. The lowest BCUT2D eigenvalue weighted by atomic mass is 9.69. The second kappa shape index (κ2) is 6.82. The first kappa shape index (κ1) is 14.9. The summed E-state index contributed by atoms with van der Waals surface area (Å²) in [6, 6.07) is 8.85. The van der Waals surface area contributed by atoms with Crippen LogP contribution in [-0.4, -0.2) is 25.6 Å². The summed E-state index contributed by atoms with van der Waals surface area (Å²) in [7, 11) is 0. The summed E-state index contributed by atoms with van der Waals surface area (Å²) in [4.78, 5) is 4.54. The molecule has 3 rings (SSSR count). The van der Waals surface area contributed by atoms with Gasteiger partial charge in [-0.25, -0.2) is 0 Å². The van der Waals surface area contributed by atoms with Gasteiger partial charge in [0.2, 0.25) is 0 Å². The molecule has 0 aromatic heterocycles. The molecule has 1 aromatic rings. The number of rotatable bonds is 3. The Morgan fingerprint density at radius 2 is 2.05 bits per heavy atom. The Hall–Kier alpha value is -1.03. The fourth-order valence-electron chi connectivity index (χ4n) is 3.52. The number of guanidine groups is 1. The molecule has 2 N–H and O–H groups in total. The molecule has 0 spiro atoms. The molecule has 0 unspecified atom stereocenters. The Morgan fingerprint density at radius 1 is 1.19 bits per heavy atom. The lowest BCUT2D eigenvalue weighted by molar-refractivity contribution is 0.291. The maximum atomic E-state index is 4.54. The lowest BCUT2D eigenvalue weighted by Crippen LogP contribution is -2.48. The van der Waals surface area contributed by atoms with Crippen LogP contribution in [0.5, 0.6) is 0 Å². The van der Waals surface area contributed by atoms with Crippen LogP contribution in [0.25, 0.3) is 0 Å². The number of nitrogens with zero attached hydrogens (tertiary/aromatic N) is 1. The molecule has 1 aliphatic heterocycles. The number of hydrogen-bond donors (Lipinski definition) is 2. The highest BCUT2D eigenvalue weighted by molar-refractivity contribution is 9.10. The zero-order valence-corrected chi connectivity index (χ0v) is 14.1. The van der Waals surface area contributed by atoms with Gasteiger partial charge in [-0.2, -0.15) is 0 Å². The predicted octanol–water partition coefficient (Wildman–Crippen LogP) is 3.59. The summed E-state index contributed by atoms with van der Waals surface area (Å²) < 4.78 is 1.18. The van der Waals surface area contributed by atoms with Gasteiger partial charge in [-0.3, -0.25) is 4.99 Å². The highest BCUT2D eigenvalue weighted by Gasteiger charge is 2.34. The van der Waals surface area contributed by atoms with E-state index in [9.17, 15) is 0 Å². The van der Waals surface area contributed by atoms with Crippen molar-refractivity contribution in [3.05, 3.63) is 34.3 Å². The molecular formula is C17H24BrN3. The van der Waals surface area contributed by atoms with Gasteiger partial charge in [0.25, 0.3) is 0 Å². The van der Waals surface area contributed by atoms with Gasteiger partial charge in [0.05, 0.1) is 0 Å². The maximum Gasteiger partial charge on any atom is 0.191 e. The third-order valence-corrected chi connectivity index (χ3v) is 5.23. The van der Waals surface area contributed by atoms with E-state index < -0.39 is 0 Å². The summed E-state index contributed by atoms with van der Waals surface area (Å²) in [5, 5.41) is 6.94. The number of aliphatic imine (C=N–C) groups is 1. The summed E-state index contributed by atoms with van der Waals surface area (Å²) >= 11 is 3.62. The molecule has 1 heterocycles. The van der Waals surface area contributed by atoms with Crippen LogP contribution in [0, 0.1) is 0 Å². The molecule has 4 heteroatoms. The minimum atomic E-state index is 0.254. The van der Waals surface area contributed by atoms with Crippen LogP contribution < -0.4 is 10.6 Å². The number of hydrogen-bond acceptors (Lipinski definition) is 3. The van der Waals surface area contributed by atoms with Gasteiger partial charge in [-0.05, 0) is 37.0 Å². The molecule has 21 heavy (non-hydrogen) atoms. The fourth-order valence-corrected chi connectivity index (χ4v) is 3.92. The fraction of sp³-hybridized carbons (Fsp3) is 0.588. The third kappa shape index (κ3) is 3.60. The highest BCUT2D eigenvalue weighted by Crippen LogP contribution is 2.39. The van der Waals surface area contributed by atoms with Crippen LogP contribution in [0.4, 0.5) is 0 Å². The molecule has 1 aliphatic carbocycles. The van der Waals surface area contributed by atoms with Crippen molar-refractivity contribution in [2.75, 3.05) is 19.6 Å². The van der Waals surface area contributed by atoms with Crippen molar-refractivity contribution in [3.8, 4) is 0 Å². The smallest absolute Gasteiger partial charge is 0.191 e. The van der Waals surface area contributed by atoms with E-state index in [4.69, 9.17) is 0 Å². The standard InChI is InChI=1S/C17H24BrN3/c18-15-7-4-6-14(12-15)17(8-2-1-3-9-17)13-21-16-19-10-5-11-20-16/h4,6-7,12H,1-3,5,8-11,13H2,(H2,19,20,21). The summed E-state index contributed by atoms with van der Waals surface area (Å²) in [6.45, 7) is 2.96. The van der Waals surface area contributed by atoms with Crippen molar-refractivity contribution in [1.29, 1.82) is 0 Å². The Morgan fingerprint density at radius 3 is 2.76 bits per heavy atom. The van der Waals surface area contributed by atoms with E-state index in [1.165, 1.54) is 42.1 Å². The van der Waals surface area contributed by atoms with Gasteiger partial charge in [-0.15, -0.1) is 0 Å². The Kier molecular flexibility index (Phi) is 4.84. The van der Waals surface area contributed by atoms with Crippen molar-refractivity contribution in [2.45, 2.75) is 43.9 Å². The first-order valence-corrected chi connectivity index (χ1v) is 8.86. The van der Waals surface area contributed by atoms with Crippen molar-refractivity contribution in [2.24, 2.45) is 4.99 Å². The van der Waals surface area contributed by atoms with Crippen LogP contribution in [-0.2, 0) is 5.41 Å². The molecule has 114 valence electrons. The van der Waals surface area contributed by atoms with Gasteiger partial charge < -0.3 is 10.6 Å². The molecule has 0 atom stereocenters. The first-order chi connectivity index (χ1) is 10.3. The van der Waals surface area contributed by atoms with E-state index in [1.807, 2.05) is 0 Å². The van der Waals surface area contributed by atoms with Gasteiger partial charge in [0, 0.05) is 29.5 Å². The quantitative estimate of drug-likeness (QED) is 0.874. The lowest BCUT2D eigenvalue weighted by Gasteiger charge is -2.38. The Labute approximate surface area is 135 Å². The van der Waals surface area contributed by atoms with Gasteiger partial charge >= 0.3 is 0 Å². The van der Waals surface area contributed by atoms with Crippen LogP contribution in [0.3, 0.4) is 0 Å². The molecule has 2 aliphatic rings. The van der Waals surface area contributed by atoms with E-state index in [2.05, 4.69) is 55.8 Å². The SMILES string of the molecule is Brc1cccc(C2(CNC3=NCCCN3)CCCCC2)c1. The van der Waals surface area contributed by atoms with Crippen LogP contribution in [0.2, 0.25) is 0 Å². The molecule has 1 aromatic carbocycles. The second-order valence-electron chi connectivity index (χ2n) is 6.22. The van der Waals surface area contributed by atoms with Crippen LogP contribution in [0.1, 0.15) is 44.1 Å². The molecule has 3 nitrogen and oxygen atoms in total. The average Bonchev–Trinajstić information content (AvgIpc) is 2.55. The van der Waals surface area contributed by atoms with E-state index in [0.29, 0.717) is 0 Å². The van der Waals surface area contributed by atoms with Crippen LogP contribution in [0.15, 0.2) is 33.7 Å². The first-order valence-electron chi connectivity index (χ1n) is 8.07. The normalized spacial score (nSPS) is 21.3. The summed E-state index contributed by atoms with van der Waals surface area (Å²) in [5.41, 5.74) is 1.71. The molecule has 0 radical (unpaired) electrons. The van der Waals surface area contributed by atoms with Crippen molar-refractivity contribution < 1.29 is 0 Å². The summed E-state index contributed by atoms with van der Waals surface area (Å²) in [5.74, 6) is 0.987. The predicted molar refractivity (Wildman–Crippen MR) is 91.8 cm³/mol. The van der Waals surface area contributed by atoms with Gasteiger partial charge in [0.15, 0.2) is 5.96 Å². The van der Waals surface area contributed by atoms with Crippen molar-refractivity contribution >= 4 is 21.9 Å². The Balaban J connectivity index is 1.78. The molecule has 0 amide bonds. The zero-order chi connectivity index (χ0) is 14.5. The molecule has 0 bridgehead atoms. The van der Waals surface area contributed by atoms with Crippen LogP contribution >= 0.6 is 15.9 Å². The average molecular weight is 350 g/mol. The monoisotopic (exact) mass is 349 g/mol. The molecule has 0 saturated heterocycles. The number of benzene rings is 1. The van der Waals surface area contributed by atoms with Crippen molar-refractivity contribution in [1.82, 2.24) is 10.6 Å². The topological polar surface area (TPSA) is 36.4 Å². The van der Waals surface area contributed by atoms with E-state index >= 15 is 0 Å². The molecular weight excluding hydrogens is 326 g/mol.